The summed E-state index contributed by atoms with van der Waals surface area (Å²) in [5, 5.41) is 2.39. The van der Waals surface area contributed by atoms with Crippen LogP contribution in [-0.4, -0.2) is 28.7 Å². The predicted octanol–water partition coefficient (Wildman–Crippen LogP) is 6.15. The lowest BCUT2D eigenvalue weighted by Gasteiger charge is -2.30. The molecule has 2 aromatic heterocycles. The van der Waals surface area contributed by atoms with Crippen molar-refractivity contribution < 1.29 is 0 Å². The Morgan fingerprint density at radius 3 is 2.43 bits per heavy atom. The number of halogens is 2. The van der Waals surface area contributed by atoms with Gasteiger partial charge in [0, 0.05) is 53.4 Å². The lowest BCUT2D eigenvalue weighted by Crippen LogP contribution is -2.35. The molecule has 0 atom stereocenters. The molecule has 1 saturated heterocycles. The highest BCUT2D eigenvalue weighted by Crippen LogP contribution is 2.38. The van der Waals surface area contributed by atoms with Gasteiger partial charge < -0.3 is 9.74 Å². The molecular weight excluding hydrogens is 391 g/mol. The fourth-order valence-corrected chi connectivity index (χ4v) is 4.60. The number of fused-ring (bicyclic) bond motifs is 1. The number of rotatable bonds is 2. The third-order valence-corrected chi connectivity index (χ3v) is 6.25. The molecule has 144 valence electrons. The summed E-state index contributed by atoms with van der Waals surface area (Å²) in [5.74, 6) is 0. The fourth-order valence-electron chi connectivity index (χ4n) is 4.11. The van der Waals surface area contributed by atoms with Crippen molar-refractivity contribution in [2.75, 3.05) is 18.0 Å². The highest BCUT2D eigenvalue weighted by atomic mass is 35.5. The molecule has 0 unspecified atom stereocenters. The third-order valence-electron chi connectivity index (χ3n) is 5.71. The number of aryl methyl sites for hydroxylation is 2. The summed E-state index contributed by atoms with van der Waals surface area (Å²) in [7, 11) is 0. The van der Waals surface area contributed by atoms with E-state index < -0.39 is 0 Å². The molecule has 0 N–H and O–H groups in total. The van der Waals surface area contributed by atoms with E-state index in [0.717, 1.165) is 54.0 Å². The van der Waals surface area contributed by atoms with Crippen LogP contribution in [0.2, 0.25) is 10.0 Å². The lowest BCUT2D eigenvalue weighted by molar-refractivity contribution is 0.549. The van der Waals surface area contributed by atoms with Crippen molar-refractivity contribution in [2.45, 2.75) is 39.7 Å². The number of pyridine rings is 1. The highest BCUT2D eigenvalue weighted by Gasteiger charge is 2.26. The van der Waals surface area contributed by atoms with Gasteiger partial charge in [-0.15, -0.1) is 0 Å². The van der Waals surface area contributed by atoms with E-state index >= 15 is 0 Å². The summed E-state index contributed by atoms with van der Waals surface area (Å²) in [6, 6.07) is 7.89. The van der Waals surface area contributed by atoms with E-state index in [4.69, 9.17) is 34.8 Å². The maximum atomic E-state index is 7.30. The van der Waals surface area contributed by atoms with Crippen LogP contribution in [0.3, 0.4) is 0 Å². The SMILES string of the molecule is [C-]#[N+]C1CCN(c2cc(C)nc3c2c(C)c(C)n3-c2ccc(Cl)cc2Cl)CC1. The van der Waals surface area contributed by atoms with E-state index in [2.05, 4.69) is 34.2 Å². The van der Waals surface area contributed by atoms with Crippen molar-refractivity contribution in [1.82, 2.24) is 9.55 Å². The minimum Gasteiger partial charge on any atom is -0.370 e. The predicted molar refractivity (Wildman–Crippen MR) is 117 cm³/mol. The first-order valence-electron chi connectivity index (χ1n) is 9.47. The monoisotopic (exact) mass is 412 g/mol. The van der Waals surface area contributed by atoms with Crippen molar-refractivity contribution in [3.63, 3.8) is 0 Å². The first kappa shape index (κ1) is 19.1. The Morgan fingerprint density at radius 2 is 1.79 bits per heavy atom. The first-order chi connectivity index (χ1) is 13.4. The van der Waals surface area contributed by atoms with Crippen LogP contribution >= 0.6 is 23.2 Å². The quantitative estimate of drug-likeness (QED) is 0.471. The minimum absolute atomic E-state index is 0.148. The van der Waals surface area contributed by atoms with Gasteiger partial charge in [-0.3, -0.25) is 4.57 Å². The van der Waals surface area contributed by atoms with Crippen molar-refractivity contribution in [3.8, 4) is 5.69 Å². The Bertz CT molecular complexity index is 1100. The second-order valence-electron chi connectivity index (χ2n) is 7.47. The number of anilines is 1. The second-order valence-corrected chi connectivity index (χ2v) is 8.31. The third kappa shape index (κ3) is 3.13. The molecule has 1 aliphatic heterocycles. The number of hydrogen-bond acceptors (Lipinski definition) is 2. The summed E-state index contributed by atoms with van der Waals surface area (Å²) in [4.78, 5) is 11.0. The summed E-state index contributed by atoms with van der Waals surface area (Å²) in [6.07, 6.45) is 1.82. The van der Waals surface area contributed by atoms with Gasteiger partial charge in [-0.05, 0) is 50.6 Å². The average Bonchev–Trinajstić information content (AvgIpc) is 2.92. The van der Waals surface area contributed by atoms with Crippen LogP contribution in [0.4, 0.5) is 5.69 Å². The molecule has 1 fully saturated rings. The molecule has 1 aliphatic rings. The lowest BCUT2D eigenvalue weighted by atomic mass is 10.0. The van der Waals surface area contributed by atoms with Crippen molar-refractivity contribution in [2.24, 2.45) is 0 Å². The normalized spacial score (nSPS) is 15.2. The van der Waals surface area contributed by atoms with Gasteiger partial charge in [0.1, 0.15) is 5.65 Å². The minimum atomic E-state index is 0.148. The summed E-state index contributed by atoms with van der Waals surface area (Å²) >= 11 is 12.6. The Hall–Kier alpha value is -2.22. The van der Waals surface area contributed by atoms with Gasteiger partial charge in [0.15, 0.2) is 0 Å². The van der Waals surface area contributed by atoms with Crippen molar-refractivity contribution >= 4 is 39.9 Å². The largest absolute Gasteiger partial charge is 0.370 e. The molecule has 1 aromatic carbocycles. The highest BCUT2D eigenvalue weighted by molar-refractivity contribution is 6.35. The molecule has 0 radical (unpaired) electrons. The number of piperidine rings is 1. The zero-order valence-corrected chi connectivity index (χ0v) is 17.8. The molecular formula is C22H22Cl2N4. The zero-order chi connectivity index (χ0) is 20.0. The summed E-state index contributed by atoms with van der Waals surface area (Å²) in [6.45, 7) is 15.4. The van der Waals surface area contributed by atoms with Crippen molar-refractivity contribution in [1.29, 1.82) is 0 Å². The van der Waals surface area contributed by atoms with Crippen LogP contribution in [-0.2, 0) is 0 Å². The summed E-state index contributed by atoms with van der Waals surface area (Å²) in [5.41, 5.74) is 6.30. The van der Waals surface area contributed by atoms with Crippen LogP contribution < -0.4 is 4.90 Å². The maximum absolute atomic E-state index is 7.30. The molecule has 3 aromatic rings. The molecule has 0 saturated carbocycles. The maximum Gasteiger partial charge on any atom is 0.227 e. The Labute approximate surface area is 175 Å². The number of hydrogen-bond donors (Lipinski definition) is 0. The van der Waals surface area contributed by atoms with E-state index in [9.17, 15) is 0 Å². The smallest absolute Gasteiger partial charge is 0.227 e. The first-order valence-corrected chi connectivity index (χ1v) is 10.2. The van der Waals surface area contributed by atoms with E-state index in [1.54, 1.807) is 6.07 Å². The van der Waals surface area contributed by atoms with E-state index in [-0.39, 0.29) is 6.04 Å². The topological polar surface area (TPSA) is 25.4 Å². The Kier molecular flexibility index (Phi) is 4.99. The van der Waals surface area contributed by atoms with Crippen LogP contribution in [0.15, 0.2) is 24.3 Å². The molecule has 0 aliphatic carbocycles. The van der Waals surface area contributed by atoms with Crippen LogP contribution in [0.5, 0.6) is 0 Å². The van der Waals surface area contributed by atoms with Gasteiger partial charge in [0.25, 0.3) is 0 Å². The van der Waals surface area contributed by atoms with Crippen LogP contribution in [0.1, 0.15) is 29.8 Å². The molecule has 3 heterocycles. The number of aromatic nitrogens is 2. The summed E-state index contributed by atoms with van der Waals surface area (Å²) < 4.78 is 2.13. The van der Waals surface area contributed by atoms with Gasteiger partial charge in [-0.25, -0.2) is 11.6 Å². The molecule has 4 nitrogen and oxygen atoms in total. The van der Waals surface area contributed by atoms with Crippen LogP contribution in [0, 0.1) is 27.3 Å². The molecule has 0 amide bonds. The molecule has 28 heavy (non-hydrogen) atoms. The Balaban J connectivity index is 1.92. The molecule has 6 heteroatoms. The molecule has 0 spiro atoms. The van der Waals surface area contributed by atoms with Crippen LogP contribution in [0.25, 0.3) is 21.6 Å². The van der Waals surface area contributed by atoms with Gasteiger partial charge in [-0.1, -0.05) is 23.2 Å². The van der Waals surface area contributed by atoms with Gasteiger partial charge in [0.2, 0.25) is 6.04 Å². The molecule has 0 bridgehead atoms. The molecule has 4 rings (SSSR count). The fraction of sp³-hybridized carbons (Fsp3) is 0.364. The van der Waals surface area contributed by atoms with Gasteiger partial charge >= 0.3 is 0 Å². The van der Waals surface area contributed by atoms with Gasteiger partial charge in [-0.2, -0.15) is 0 Å². The van der Waals surface area contributed by atoms with Crippen molar-refractivity contribution in [3.05, 3.63) is 62.7 Å². The number of nitrogens with zero attached hydrogens (tertiary/aromatic N) is 4. The zero-order valence-electron chi connectivity index (χ0n) is 16.3. The van der Waals surface area contributed by atoms with E-state index in [1.165, 1.54) is 11.3 Å². The second kappa shape index (κ2) is 7.31. The Morgan fingerprint density at radius 1 is 1.07 bits per heavy atom. The van der Waals surface area contributed by atoms with E-state index in [1.807, 2.05) is 19.1 Å². The number of benzene rings is 1. The van der Waals surface area contributed by atoms with E-state index in [0.29, 0.717) is 10.0 Å². The van der Waals surface area contributed by atoms with Gasteiger partial charge in [0.05, 0.1) is 10.7 Å². The average molecular weight is 413 g/mol. The standard InChI is InChI=1S/C22H22Cl2N4/c1-13-11-20(27-9-7-17(25-4)8-10-27)21-14(2)15(3)28(22(21)26-13)19-6-5-16(23)12-18(19)24/h5-6,11-12,17H,7-10H2,1-3H3.